The minimum atomic E-state index is -3.69. The molecular weight excluding hydrogens is 334 g/mol. The molecule has 0 amide bonds. The molecule has 3 aromatic heterocycles. The molecule has 2 N–H and O–H groups in total. The summed E-state index contributed by atoms with van der Waals surface area (Å²) in [5.41, 5.74) is 1.54. The average molecular weight is 347 g/mol. The third-order valence-electron chi connectivity index (χ3n) is 3.68. The standard InChI is InChI=1S/C14H13N5O4S/c20-14-17-11-9-10(1-2-12(11)23-14)24(21,22)16-5-6-18-7-8-19-13(18)3-4-15-19/h1-4,7-9,16H,5-6H2,(H,17,20). The van der Waals surface area contributed by atoms with Crippen LogP contribution in [0.2, 0.25) is 0 Å². The molecule has 4 aromatic rings. The average Bonchev–Trinajstić information content (AvgIpc) is 3.21. The van der Waals surface area contributed by atoms with E-state index in [-0.39, 0.29) is 11.4 Å². The van der Waals surface area contributed by atoms with Gasteiger partial charge in [-0.15, -0.1) is 0 Å². The Morgan fingerprint density at radius 3 is 3.00 bits per heavy atom. The lowest BCUT2D eigenvalue weighted by atomic mass is 10.3. The van der Waals surface area contributed by atoms with Gasteiger partial charge in [-0.1, -0.05) is 0 Å². The Balaban J connectivity index is 1.51. The number of nitrogens with zero attached hydrogens (tertiary/aromatic N) is 3. The first-order valence-corrected chi connectivity index (χ1v) is 8.62. The van der Waals surface area contributed by atoms with Gasteiger partial charge in [0, 0.05) is 31.5 Å². The summed E-state index contributed by atoms with van der Waals surface area (Å²) in [7, 11) is -3.69. The van der Waals surface area contributed by atoms with Crippen molar-refractivity contribution in [2.75, 3.05) is 6.54 Å². The topological polar surface area (TPSA) is 114 Å². The van der Waals surface area contributed by atoms with Gasteiger partial charge < -0.3 is 8.98 Å². The number of fused-ring (bicyclic) bond motifs is 2. The Morgan fingerprint density at radius 2 is 2.12 bits per heavy atom. The molecule has 0 aliphatic rings. The molecule has 0 aliphatic carbocycles. The predicted molar refractivity (Wildman–Crippen MR) is 85.2 cm³/mol. The molecule has 0 unspecified atom stereocenters. The van der Waals surface area contributed by atoms with Crippen molar-refractivity contribution in [1.29, 1.82) is 0 Å². The third-order valence-corrected chi connectivity index (χ3v) is 5.14. The maximum atomic E-state index is 12.4. The van der Waals surface area contributed by atoms with E-state index in [1.807, 2.05) is 16.8 Å². The normalized spacial score (nSPS) is 12.3. The van der Waals surface area contributed by atoms with Crippen molar-refractivity contribution in [3.8, 4) is 0 Å². The molecule has 0 fully saturated rings. The second-order valence-corrected chi connectivity index (χ2v) is 6.96. The highest BCUT2D eigenvalue weighted by Gasteiger charge is 2.15. The maximum Gasteiger partial charge on any atom is 0.417 e. The highest BCUT2D eigenvalue weighted by molar-refractivity contribution is 7.89. The molecule has 24 heavy (non-hydrogen) atoms. The van der Waals surface area contributed by atoms with Crippen LogP contribution < -0.4 is 10.5 Å². The van der Waals surface area contributed by atoms with Crippen molar-refractivity contribution in [3.63, 3.8) is 0 Å². The van der Waals surface area contributed by atoms with Gasteiger partial charge in [-0.2, -0.15) is 5.10 Å². The monoisotopic (exact) mass is 347 g/mol. The van der Waals surface area contributed by atoms with Crippen LogP contribution in [0.4, 0.5) is 0 Å². The van der Waals surface area contributed by atoms with Gasteiger partial charge in [0.25, 0.3) is 0 Å². The van der Waals surface area contributed by atoms with Crippen LogP contribution >= 0.6 is 0 Å². The fourth-order valence-corrected chi connectivity index (χ4v) is 3.59. The van der Waals surface area contributed by atoms with Gasteiger partial charge in [0.05, 0.1) is 16.6 Å². The van der Waals surface area contributed by atoms with E-state index in [9.17, 15) is 13.2 Å². The number of rotatable bonds is 5. The van der Waals surface area contributed by atoms with Crippen molar-refractivity contribution in [1.82, 2.24) is 23.9 Å². The smallest absolute Gasteiger partial charge is 0.408 e. The number of H-pyrrole nitrogens is 1. The lowest BCUT2D eigenvalue weighted by molar-refractivity contribution is 0.555. The van der Waals surface area contributed by atoms with E-state index in [2.05, 4.69) is 14.8 Å². The van der Waals surface area contributed by atoms with Crippen LogP contribution in [-0.2, 0) is 16.6 Å². The zero-order valence-electron chi connectivity index (χ0n) is 12.3. The minimum absolute atomic E-state index is 0.0639. The van der Waals surface area contributed by atoms with Gasteiger partial charge in [-0.05, 0) is 18.2 Å². The molecule has 0 spiro atoms. The lowest BCUT2D eigenvalue weighted by Gasteiger charge is -2.07. The number of oxazole rings is 1. The summed E-state index contributed by atoms with van der Waals surface area (Å²) in [4.78, 5) is 13.6. The zero-order valence-corrected chi connectivity index (χ0v) is 13.2. The fraction of sp³-hybridized carbons (Fsp3) is 0.143. The van der Waals surface area contributed by atoms with Crippen LogP contribution in [0.5, 0.6) is 0 Å². The molecule has 10 heteroatoms. The molecule has 0 atom stereocenters. The van der Waals surface area contributed by atoms with E-state index in [4.69, 9.17) is 4.42 Å². The summed E-state index contributed by atoms with van der Waals surface area (Å²) in [5, 5.41) is 4.09. The molecule has 1 aromatic carbocycles. The van der Waals surface area contributed by atoms with Crippen molar-refractivity contribution in [2.24, 2.45) is 0 Å². The van der Waals surface area contributed by atoms with E-state index in [1.54, 1.807) is 16.9 Å². The van der Waals surface area contributed by atoms with Crippen molar-refractivity contribution in [3.05, 3.63) is 53.4 Å². The van der Waals surface area contributed by atoms with E-state index < -0.39 is 15.8 Å². The van der Waals surface area contributed by atoms with Gasteiger partial charge in [0.15, 0.2) is 5.58 Å². The number of benzene rings is 1. The van der Waals surface area contributed by atoms with Crippen molar-refractivity contribution in [2.45, 2.75) is 11.4 Å². The Kier molecular flexibility index (Phi) is 3.28. The first kappa shape index (κ1) is 14.7. The molecule has 124 valence electrons. The number of aromatic nitrogens is 4. The van der Waals surface area contributed by atoms with Gasteiger partial charge >= 0.3 is 5.76 Å². The van der Waals surface area contributed by atoms with E-state index in [0.717, 1.165) is 5.65 Å². The summed E-state index contributed by atoms with van der Waals surface area (Å²) in [6, 6.07) is 6.06. The Morgan fingerprint density at radius 1 is 1.25 bits per heavy atom. The summed E-state index contributed by atoms with van der Waals surface area (Å²) >= 11 is 0. The number of sulfonamides is 1. The molecular formula is C14H13N5O4S. The van der Waals surface area contributed by atoms with Crippen LogP contribution in [0, 0.1) is 0 Å². The molecule has 9 nitrogen and oxygen atoms in total. The Labute approximate surface area is 135 Å². The zero-order chi connectivity index (χ0) is 16.7. The van der Waals surface area contributed by atoms with Crippen LogP contribution in [0.25, 0.3) is 16.7 Å². The van der Waals surface area contributed by atoms with Crippen molar-refractivity contribution < 1.29 is 12.8 Å². The molecule has 0 radical (unpaired) electrons. The highest BCUT2D eigenvalue weighted by Crippen LogP contribution is 2.16. The quantitative estimate of drug-likeness (QED) is 0.547. The Bertz CT molecular complexity index is 1180. The summed E-state index contributed by atoms with van der Waals surface area (Å²) in [6.45, 7) is 0.685. The number of nitrogens with one attached hydrogen (secondary N) is 2. The summed E-state index contributed by atoms with van der Waals surface area (Å²) < 4.78 is 35.7. The number of imidazole rings is 1. The number of hydrogen-bond donors (Lipinski definition) is 2. The van der Waals surface area contributed by atoms with E-state index >= 15 is 0 Å². The molecule has 0 bridgehead atoms. The second-order valence-electron chi connectivity index (χ2n) is 5.20. The van der Waals surface area contributed by atoms with Crippen LogP contribution in [0.1, 0.15) is 0 Å². The Hall–Kier alpha value is -2.85. The van der Waals surface area contributed by atoms with Gasteiger partial charge in [-0.3, -0.25) is 4.98 Å². The van der Waals surface area contributed by atoms with Gasteiger partial charge in [0.1, 0.15) is 5.65 Å². The van der Waals surface area contributed by atoms with E-state index in [0.29, 0.717) is 17.6 Å². The number of aromatic amines is 1. The molecule has 0 aliphatic heterocycles. The lowest BCUT2D eigenvalue weighted by Crippen LogP contribution is -2.27. The molecule has 4 rings (SSSR count). The van der Waals surface area contributed by atoms with E-state index in [1.165, 1.54) is 18.2 Å². The number of hydrogen-bond acceptors (Lipinski definition) is 5. The third kappa shape index (κ3) is 2.51. The second kappa shape index (κ2) is 5.35. The highest BCUT2D eigenvalue weighted by atomic mass is 32.2. The van der Waals surface area contributed by atoms with Gasteiger partial charge in [0.2, 0.25) is 10.0 Å². The minimum Gasteiger partial charge on any atom is -0.408 e. The fourth-order valence-electron chi connectivity index (χ4n) is 2.54. The first-order chi connectivity index (χ1) is 11.5. The first-order valence-electron chi connectivity index (χ1n) is 7.14. The van der Waals surface area contributed by atoms with Gasteiger partial charge in [-0.25, -0.2) is 22.4 Å². The molecule has 0 saturated heterocycles. The molecule has 3 heterocycles. The van der Waals surface area contributed by atoms with Crippen LogP contribution in [0.15, 0.2) is 57.0 Å². The van der Waals surface area contributed by atoms with Crippen molar-refractivity contribution >= 4 is 26.8 Å². The van der Waals surface area contributed by atoms with Crippen LogP contribution in [0.3, 0.4) is 0 Å². The predicted octanol–water partition coefficient (Wildman–Crippen LogP) is 0.549. The summed E-state index contributed by atoms with van der Waals surface area (Å²) in [5.74, 6) is -0.620. The maximum absolute atomic E-state index is 12.4. The largest absolute Gasteiger partial charge is 0.417 e. The molecule has 0 saturated carbocycles. The SMILES string of the molecule is O=c1[nH]c2cc(S(=O)(=O)NCCn3ccn4nccc34)ccc2o1. The summed E-state index contributed by atoms with van der Waals surface area (Å²) in [6.07, 6.45) is 5.31. The van der Waals surface area contributed by atoms with Crippen LogP contribution in [-0.4, -0.2) is 34.1 Å².